The van der Waals surface area contributed by atoms with Gasteiger partial charge in [0, 0.05) is 24.7 Å². The quantitative estimate of drug-likeness (QED) is 0.617. The van der Waals surface area contributed by atoms with Crippen LogP contribution < -0.4 is 9.62 Å². The Morgan fingerprint density at radius 2 is 2.06 bits per heavy atom. The van der Waals surface area contributed by atoms with Crippen LogP contribution in [0.3, 0.4) is 0 Å². The van der Waals surface area contributed by atoms with Gasteiger partial charge in [0.1, 0.15) is 0 Å². The number of ether oxygens (including phenoxy) is 1. The second-order valence-corrected chi connectivity index (χ2v) is 4.30. The van der Waals surface area contributed by atoms with Crippen LogP contribution in [-0.4, -0.2) is 24.6 Å². The monoisotopic (exact) mass is 256 g/mol. The van der Waals surface area contributed by atoms with Gasteiger partial charge in [0.2, 0.25) is 0 Å². The number of rotatable bonds is 1. The lowest BCUT2D eigenvalue weighted by atomic mass is 10.3. The highest BCUT2D eigenvalue weighted by Crippen LogP contribution is 2.15. The third kappa shape index (κ3) is 3.71. The van der Waals surface area contributed by atoms with Crippen LogP contribution in [0.1, 0.15) is 0 Å². The number of thiocarbonyl (C=S) groups is 1. The molecule has 1 N–H and O–H groups in total. The number of hydrogen-bond acceptors (Lipinski definition) is 4. The average molecular weight is 256 g/mol. The van der Waals surface area contributed by atoms with Crippen molar-refractivity contribution in [2.45, 2.75) is 0 Å². The Kier molecular flexibility index (Phi) is 5.07. The van der Waals surface area contributed by atoms with Crippen molar-refractivity contribution < 1.29 is 9.53 Å². The fraction of sp³-hybridized carbons (Fsp3) is 0.200. The lowest BCUT2D eigenvalue weighted by molar-refractivity contribution is 0.178. The zero-order valence-corrected chi connectivity index (χ0v) is 10.6. The molecule has 0 saturated heterocycles. The highest BCUT2D eigenvalue weighted by atomic mass is 32.2. The minimum atomic E-state index is -0.520. The zero-order chi connectivity index (χ0) is 12.0. The highest BCUT2D eigenvalue weighted by Gasteiger charge is 2.09. The van der Waals surface area contributed by atoms with E-state index in [4.69, 9.17) is 12.2 Å². The number of amides is 1. The van der Waals surface area contributed by atoms with E-state index in [1.54, 1.807) is 4.90 Å². The first kappa shape index (κ1) is 12.8. The van der Waals surface area contributed by atoms with E-state index in [0.29, 0.717) is 4.32 Å². The van der Waals surface area contributed by atoms with Crippen molar-refractivity contribution in [2.24, 2.45) is 0 Å². The maximum absolute atomic E-state index is 10.8. The van der Waals surface area contributed by atoms with Crippen molar-refractivity contribution in [3.05, 3.63) is 30.3 Å². The molecule has 0 atom stereocenters. The molecule has 0 unspecified atom stereocenters. The van der Waals surface area contributed by atoms with Crippen LogP contribution in [0.25, 0.3) is 0 Å². The van der Waals surface area contributed by atoms with Crippen LogP contribution in [0.2, 0.25) is 0 Å². The first-order valence-electron chi connectivity index (χ1n) is 4.48. The lowest BCUT2D eigenvalue weighted by Crippen LogP contribution is -2.26. The number of anilines is 1. The number of benzene rings is 1. The van der Waals surface area contributed by atoms with Crippen molar-refractivity contribution in [2.75, 3.05) is 19.1 Å². The Labute approximate surface area is 104 Å². The molecule has 0 heterocycles. The van der Waals surface area contributed by atoms with E-state index >= 15 is 0 Å². The van der Waals surface area contributed by atoms with Crippen molar-refractivity contribution in [3.63, 3.8) is 0 Å². The number of nitrogens with one attached hydrogen (secondary N) is 1. The summed E-state index contributed by atoms with van der Waals surface area (Å²) in [6, 6.07) is 9.65. The number of nitrogens with zero attached hydrogens (tertiary/aromatic N) is 1. The highest BCUT2D eigenvalue weighted by molar-refractivity contribution is 8.22. The smallest absolute Gasteiger partial charge is 0.417 e. The van der Waals surface area contributed by atoms with Gasteiger partial charge >= 0.3 is 6.09 Å². The molecule has 4 nitrogen and oxygen atoms in total. The average Bonchev–Trinajstić information content (AvgIpc) is 2.35. The number of methoxy groups -OCH3 is 1. The van der Waals surface area contributed by atoms with E-state index in [0.717, 1.165) is 17.6 Å². The molecule has 0 bridgehead atoms. The number of para-hydroxylation sites is 1. The summed E-state index contributed by atoms with van der Waals surface area (Å²) in [6.07, 6.45) is -0.520. The summed E-state index contributed by atoms with van der Waals surface area (Å²) in [7, 11) is 3.14. The summed E-state index contributed by atoms with van der Waals surface area (Å²) in [5.74, 6) is 0. The van der Waals surface area contributed by atoms with Gasteiger partial charge in [0.05, 0.1) is 7.11 Å². The van der Waals surface area contributed by atoms with Crippen LogP contribution in [0.5, 0.6) is 0 Å². The first-order valence-corrected chi connectivity index (χ1v) is 5.71. The summed E-state index contributed by atoms with van der Waals surface area (Å²) in [4.78, 5) is 12.6. The Bertz CT molecular complexity index is 370. The molecule has 1 aromatic rings. The van der Waals surface area contributed by atoms with Crippen molar-refractivity contribution in [1.82, 2.24) is 4.72 Å². The maximum atomic E-state index is 10.8. The van der Waals surface area contributed by atoms with Gasteiger partial charge in [-0.15, -0.1) is 0 Å². The van der Waals surface area contributed by atoms with Gasteiger partial charge in [-0.05, 0) is 12.1 Å². The van der Waals surface area contributed by atoms with Gasteiger partial charge < -0.3 is 9.64 Å². The molecule has 0 radical (unpaired) electrons. The van der Waals surface area contributed by atoms with Crippen LogP contribution in [-0.2, 0) is 4.74 Å². The molecule has 6 heteroatoms. The van der Waals surface area contributed by atoms with Gasteiger partial charge in [0.15, 0.2) is 4.32 Å². The molecule has 86 valence electrons. The van der Waals surface area contributed by atoms with E-state index in [2.05, 4.69) is 9.46 Å². The second-order valence-electron chi connectivity index (χ2n) is 2.86. The molecule has 0 saturated carbocycles. The number of carbonyl (C=O) groups is 1. The van der Waals surface area contributed by atoms with Crippen LogP contribution in [0.4, 0.5) is 10.5 Å². The van der Waals surface area contributed by atoms with Gasteiger partial charge in [-0.3, -0.25) is 4.72 Å². The van der Waals surface area contributed by atoms with Crippen LogP contribution in [0, 0.1) is 0 Å². The molecule has 0 spiro atoms. The first-order chi connectivity index (χ1) is 7.65. The SMILES string of the molecule is COC(=O)NSC(=S)N(C)c1ccccc1. The summed E-state index contributed by atoms with van der Waals surface area (Å²) in [6.45, 7) is 0. The predicted molar refractivity (Wildman–Crippen MR) is 70.6 cm³/mol. The van der Waals surface area contributed by atoms with E-state index in [-0.39, 0.29) is 0 Å². The molecular weight excluding hydrogens is 244 g/mol. The normalized spacial score (nSPS) is 9.38. The minimum Gasteiger partial charge on any atom is -0.452 e. The molecule has 1 rings (SSSR count). The summed E-state index contributed by atoms with van der Waals surface area (Å²) >= 11 is 6.19. The molecule has 0 fully saturated rings. The molecular formula is C10H12N2O2S2. The summed E-state index contributed by atoms with van der Waals surface area (Å²) < 4.78 is 7.43. The minimum absolute atomic E-state index is 0.520. The Morgan fingerprint density at radius 3 is 2.62 bits per heavy atom. The molecule has 1 aromatic carbocycles. The van der Waals surface area contributed by atoms with E-state index < -0.39 is 6.09 Å². The fourth-order valence-electron chi connectivity index (χ4n) is 0.952. The fourth-order valence-corrected chi connectivity index (χ4v) is 1.68. The zero-order valence-electron chi connectivity index (χ0n) is 8.97. The summed E-state index contributed by atoms with van der Waals surface area (Å²) in [5.41, 5.74) is 0.965. The largest absolute Gasteiger partial charge is 0.452 e. The standard InChI is InChI=1S/C10H12N2O2S2/c1-12(8-6-4-3-5-7-8)10(15)16-11-9(13)14-2/h3-7H,1-2H3,(H,11,13). The molecule has 0 aliphatic heterocycles. The number of hydrogen-bond donors (Lipinski definition) is 1. The van der Waals surface area contributed by atoms with Crippen molar-refractivity contribution >= 4 is 40.3 Å². The Hall–Kier alpha value is -1.27. The molecule has 1 amide bonds. The van der Waals surface area contributed by atoms with Gasteiger partial charge in [-0.2, -0.15) is 0 Å². The molecule has 0 aliphatic carbocycles. The topological polar surface area (TPSA) is 41.6 Å². The summed E-state index contributed by atoms with van der Waals surface area (Å²) in [5, 5.41) is 0. The maximum Gasteiger partial charge on any atom is 0.417 e. The van der Waals surface area contributed by atoms with Gasteiger partial charge in [-0.25, -0.2) is 4.79 Å². The van der Waals surface area contributed by atoms with Crippen molar-refractivity contribution in [3.8, 4) is 0 Å². The lowest BCUT2D eigenvalue weighted by Gasteiger charge is -2.18. The third-order valence-electron chi connectivity index (χ3n) is 1.82. The number of carbonyl (C=O) groups excluding carboxylic acids is 1. The van der Waals surface area contributed by atoms with E-state index in [1.165, 1.54) is 7.11 Å². The predicted octanol–water partition coefficient (Wildman–Crippen LogP) is 2.41. The Balaban J connectivity index is 2.52. The van der Waals surface area contributed by atoms with E-state index in [9.17, 15) is 4.79 Å². The van der Waals surface area contributed by atoms with Gasteiger partial charge in [0.25, 0.3) is 0 Å². The molecule has 0 aromatic heterocycles. The Morgan fingerprint density at radius 1 is 1.44 bits per heavy atom. The van der Waals surface area contributed by atoms with Crippen molar-refractivity contribution in [1.29, 1.82) is 0 Å². The molecule has 0 aliphatic rings. The second kappa shape index (κ2) is 6.34. The molecule has 16 heavy (non-hydrogen) atoms. The van der Waals surface area contributed by atoms with E-state index in [1.807, 2.05) is 37.4 Å². The third-order valence-corrected chi connectivity index (χ3v) is 3.07. The van der Waals surface area contributed by atoms with Crippen LogP contribution >= 0.6 is 24.2 Å². The van der Waals surface area contributed by atoms with Crippen LogP contribution in [0.15, 0.2) is 30.3 Å². The van der Waals surface area contributed by atoms with Gasteiger partial charge in [-0.1, -0.05) is 30.4 Å².